The Morgan fingerprint density at radius 2 is 1.81 bits per heavy atom. The van der Waals surface area contributed by atoms with Crippen LogP contribution in [0.1, 0.15) is 72.1 Å². The van der Waals surface area contributed by atoms with Crippen molar-refractivity contribution in [1.29, 1.82) is 0 Å². The number of carboxylic acids is 1. The van der Waals surface area contributed by atoms with Crippen LogP contribution in [0.4, 0.5) is 0 Å². The van der Waals surface area contributed by atoms with E-state index in [1.54, 1.807) is 0 Å². The summed E-state index contributed by atoms with van der Waals surface area (Å²) in [6.45, 7) is 9.08. The Hall–Kier alpha value is -0.570. The van der Waals surface area contributed by atoms with Crippen LogP contribution in [0.3, 0.4) is 0 Å². The predicted octanol–water partition coefficient (Wildman–Crippen LogP) is 4.17. The molecule has 122 valence electrons. The quantitative estimate of drug-likeness (QED) is 0.846. The molecule has 2 rings (SSSR count). The van der Waals surface area contributed by atoms with Crippen molar-refractivity contribution in [2.75, 3.05) is 13.1 Å². The highest BCUT2D eigenvalue weighted by atomic mass is 16.4. The van der Waals surface area contributed by atoms with Gasteiger partial charge in [0.1, 0.15) is 0 Å². The van der Waals surface area contributed by atoms with Crippen molar-refractivity contribution < 1.29 is 9.90 Å². The molecule has 3 unspecified atom stereocenters. The molecule has 3 nitrogen and oxygen atoms in total. The van der Waals surface area contributed by atoms with Gasteiger partial charge in [0, 0.05) is 5.54 Å². The molecule has 1 saturated heterocycles. The highest BCUT2D eigenvalue weighted by Gasteiger charge is 2.49. The summed E-state index contributed by atoms with van der Waals surface area (Å²) in [6, 6.07) is 0. The first-order valence-corrected chi connectivity index (χ1v) is 8.92. The maximum atomic E-state index is 11.6. The van der Waals surface area contributed by atoms with Gasteiger partial charge in [-0.3, -0.25) is 9.69 Å². The molecule has 21 heavy (non-hydrogen) atoms. The molecule has 1 heterocycles. The van der Waals surface area contributed by atoms with E-state index in [0.29, 0.717) is 24.2 Å². The molecule has 2 aliphatic rings. The Labute approximate surface area is 130 Å². The highest BCUT2D eigenvalue weighted by Crippen LogP contribution is 2.47. The molecule has 0 aromatic carbocycles. The number of hydrogen-bond acceptors (Lipinski definition) is 2. The Balaban J connectivity index is 2.33. The van der Waals surface area contributed by atoms with Gasteiger partial charge >= 0.3 is 5.97 Å². The molecule has 1 aliphatic heterocycles. The Morgan fingerprint density at radius 3 is 2.33 bits per heavy atom. The predicted molar refractivity (Wildman–Crippen MR) is 86.4 cm³/mol. The van der Waals surface area contributed by atoms with E-state index in [1.807, 2.05) is 0 Å². The normalized spacial score (nSPS) is 35.6. The lowest BCUT2D eigenvalue weighted by molar-refractivity contribution is -0.145. The third kappa shape index (κ3) is 3.80. The van der Waals surface area contributed by atoms with Crippen molar-refractivity contribution in [3.63, 3.8) is 0 Å². The van der Waals surface area contributed by atoms with Crippen LogP contribution in [-0.4, -0.2) is 34.6 Å². The lowest BCUT2D eigenvalue weighted by Crippen LogP contribution is -2.59. The van der Waals surface area contributed by atoms with Gasteiger partial charge in [0.05, 0.1) is 6.42 Å². The number of likely N-dealkylation sites (tertiary alicyclic amines) is 1. The van der Waals surface area contributed by atoms with Crippen LogP contribution in [0.5, 0.6) is 0 Å². The second-order valence-electron chi connectivity index (χ2n) is 7.81. The maximum absolute atomic E-state index is 11.6. The molecule has 0 spiro atoms. The van der Waals surface area contributed by atoms with E-state index in [2.05, 4.69) is 25.7 Å². The first kappa shape index (κ1) is 16.8. The highest BCUT2D eigenvalue weighted by molar-refractivity contribution is 5.68. The third-order valence-corrected chi connectivity index (χ3v) is 5.86. The summed E-state index contributed by atoms with van der Waals surface area (Å²) in [5, 5.41) is 9.59. The fraction of sp³-hybridized carbons (Fsp3) is 0.944. The SMILES string of the molecule is CC1CCC(C(C)C)C(CC(=O)O)(N2CCCCCC2)C1. The van der Waals surface area contributed by atoms with Crippen molar-refractivity contribution >= 4 is 5.97 Å². The molecule has 1 saturated carbocycles. The zero-order valence-corrected chi connectivity index (χ0v) is 14.1. The Bertz CT molecular complexity index is 347. The van der Waals surface area contributed by atoms with Crippen molar-refractivity contribution in [3.05, 3.63) is 0 Å². The van der Waals surface area contributed by atoms with Crippen LogP contribution in [0.2, 0.25) is 0 Å². The molecule has 3 heteroatoms. The van der Waals surface area contributed by atoms with Gasteiger partial charge in [-0.05, 0) is 56.5 Å². The molecular weight excluding hydrogens is 262 g/mol. The number of carbonyl (C=O) groups is 1. The lowest BCUT2D eigenvalue weighted by atomic mass is 9.62. The van der Waals surface area contributed by atoms with E-state index in [9.17, 15) is 9.90 Å². The van der Waals surface area contributed by atoms with E-state index >= 15 is 0 Å². The average molecular weight is 295 g/mol. The number of carboxylic acid groups (broad SMARTS) is 1. The maximum Gasteiger partial charge on any atom is 0.305 e. The van der Waals surface area contributed by atoms with Gasteiger partial charge in [-0.15, -0.1) is 0 Å². The molecule has 1 aliphatic carbocycles. The standard InChI is InChI=1S/C18H33NO2/c1-14(2)16-9-8-15(3)12-18(16,13-17(20)21)19-10-6-4-5-7-11-19/h14-16H,4-13H2,1-3H3,(H,20,21). The first-order chi connectivity index (χ1) is 9.95. The summed E-state index contributed by atoms with van der Waals surface area (Å²) >= 11 is 0. The summed E-state index contributed by atoms with van der Waals surface area (Å²) in [5.74, 6) is 1.14. The topological polar surface area (TPSA) is 40.5 Å². The number of aliphatic carboxylic acids is 1. The zero-order valence-electron chi connectivity index (χ0n) is 14.1. The summed E-state index contributed by atoms with van der Waals surface area (Å²) in [6.07, 6.45) is 8.95. The Kier molecular flexibility index (Phi) is 5.70. The summed E-state index contributed by atoms with van der Waals surface area (Å²) in [7, 11) is 0. The van der Waals surface area contributed by atoms with E-state index in [0.717, 1.165) is 19.5 Å². The van der Waals surface area contributed by atoms with Crippen LogP contribution in [0.15, 0.2) is 0 Å². The van der Waals surface area contributed by atoms with Crippen LogP contribution in [-0.2, 0) is 4.79 Å². The minimum atomic E-state index is -0.612. The van der Waals surface area contributed by atoms with Gasteiger partial charge in [-0.25, -0.2) is 0 Å². The minimum Gasteiger partial charge on any atom is -0.481 e. The van der Waals surface area contributed by atoms with Crippen LogP contribution in [0.25, 0.3) is 0 Å². The van der Waals surface area contributed by atoms with Crippen molar-refractivity contribution in [2.24, 2.45) is 17.8 Å². The van der Waals surface area contributed by atoms with Gasteiger partial charge in [-0.2, -0.15) is 0 Å². The van der Waals surface area contributed by atoms with Crippen molar-refractivity contribution in [3.8, 4) is 0 Å². The summed E-state index contributed by atoms with van der Waals surface area (Å²) in [4.78, 5) is 14.2. The smallest absolute Gasteiger partial charge is 0.305 e. The zero-order chi connectivity index (χ0) is 15.5. The lowest BCUT2D eigenvalue weighted by Gasteiger charge is -2.54. The van der Waals surface area contributed by atoms with E-state index in [1.165, 1.54) is 38.5 Å². The third-order valence-electron chi connectivity index (χ3n) is 5.86. The molecule has 1 N–H and O–H groups in total. The van der Waals surface area contributed by atoms with Gasteiger partial charge < -0.3 is 5.11 Å². The second kappa shape index (κ2) is 7.13. The fourth-order valence-electron chi connectivity index (χ4n) is 5.00. The molecule has 0 amide bonds. The van der Waals surface area contributed by atoms with Crippen LogP contribution < -0.4 is 0 Å². The molecule has 2 fully saturated rings. The second-order valence-corrected chi connectivity index (χ2v) is 7.81. The summed E-state index contributed by atoms with van der Waals surface area (Å²) in [5.41, 5.74) is -0.0952. The first-order valence-electron chi connectivity index (χ1n) is 8.92. The van der Waals surface area contributed by atoms with Gasteiger partial charge in [-0.1, -0.05) is 40.0 Å². The minimum absolute atomic E-state index is 0.0952. The Morgan fingerprint density at radius 1 is 1.19 bits per heavy atom. The van der Waals surface area contributed by atoms with E-state index < -0.39 is 5.97 Å². The molecule has 0 bridgehead atoms. The summed E-state index contributed by atoms with van der Waals surface area (Å²) < 4.78 is 0. The molecular formula is C18H33NO2. The van der Waals surface area contributed by atoms with E-state index in [4.69, 9.17) is 0 Å². The number of nitrogens with zero attached hydrogens (tertiary/aromatic N) is 1. The molecule has 0 aromatic heterocycles. The molecule has 3 atom stereocenters. The van der Waals surface area contributed by atoms with Gasteiger partial charge in [0.15, 0.2) is 0 Å². The largest absolute Gasteiger partial charge is 0.481 e. The number of hydrogen-bond donors (Lipinski definition) is 1. The van der Waals surface area contributed by atoms with Gasteiger partial charge in [0.2, 0.25) is 0 Å². The van der Waals surface area contributed by atoms with Crippen molar-refractivity contribution in [1.82, 2.24) is 4.90 Å². The average Bonchev–Trinajstić information content (AvgIpc) is 2.66. The van der Waals surface area contributed by atoms with E-state index in [-0.39, 0.29) is 5.54 Å². The fourth-order valence-corrected chi connectivity index (χ4v) is 5.00. The van der Waals surface area contributed by atoms with Crippen LogP contribution in [0, 0.1) is 17.8 Å². The molecule has 0 aromatic rings. The monoisotopic (exact) mass is 295 g/mol. The van der Waals surface area contributed by atoms with Crippen LogP contribution >= 0.6 is 0 Å². The number of rotatable bonds is 4. The molecule has 0 radical (unpaired) electrons. The van der Waals surface area contributed by atoms with Gasteiger partial charge in [0.25, 0.3) is 0 Å². The van der Waals surface area contributed by atoms with Crippen molar-refractivity contribution in [2.45, 2.75) is 77.7 Å².